The predicted molar refractivity (Wildman–Crippen MR) is 85.6 cm³/mol. The maximum Gasteiger partial charge on any atom is 0.227 e. The summed E-state index contributed by atoms with van der Waals surface area (Å²) in [5.74, 6) is 0.197. The third kappa shape index (κ3) is 3.41. The van der Waals surface area contributed by atoms with Gasteiger partial charge in [0.2, 0.25) is 5.91 Å². The number of aryl methyl sites for hydroxylation is 1. The standard InChI is InChI=1S/C16H23BrN2O/c1-11-4-5-13(17)8-12(11)9-15(20)19-7-6-14(18)10-16(19,2)3/h4-5,8,14H,6-7,9-10,18H2,1-3H3. The first kappa shape index (κ1) is 15.5. The SMILES string of the molecule is Cc1ccc(Br)cc1CC(=O)N1CCC(N)CC1(C)C. The summed E-state index contributed by atoms with van der Waals surface area (Å²) < 4.78 is 1.02. The average Bonchev–Trinajstić information content (AvgIpc) is 2.32. The van der Waals surface area contributed by atoms with E-state index < -0.39 is 0 Å². The quantitative estimate of drug-likeness (QED) is 0.900. The molecule has 2 rings (SSSR count). The van der Waals surface area contributed by atoms with Crippen LogP contribution in [-0.2, 0) is 11.2 Å². The minimum Gasteiger partial charge on any atom is -0.337 e. The summed E-state index contributed by atoms with van der Waals surface area (Å²) in [6, 6.07) is 6.30. The molecule has 1 heterocycles. The van der Waals surface area contributed by atoms with Crippen LogP contribution >= 0.6 is 15.9 Å². The van der Waals surface area contributed by atoms with Gasteiger partial charge in [-0.2, -0.15) is 0 Å². The summed E-state index contributed by atoms with van der Waals surface area (Å²) in [5.41, 5.74) is 8.13. The Balaban J connectivity index is 2.14. The summed E-state index contributed by atoms with van der Waals surface area (Å²) >= 11 is 3.47. The molecule has 1 saturated heterocycles. The van der Waals surface area contributed by atoms with E-state index in [-0.39, 0.29) is 17.5 Å². The number of rotatable bonds is 2. The summed E-state index contributed by atoms with van der Waals surface area (Å²) in [7, 11) is 0. The topological polar surface area (TPSA) is 46.3 Å². The highest BCUT2D eigenvalue weighted by atomic mass is 79.9. The van der Waals surface area contributed by atoms with Crippen molar-refractivity contribution in [1.29, 1.82) is 0 Å². The van der Waals surface area contributed by atoms with Gasteiger partial charge in [-0.05, 0) is 56.9 Å². The Morgan fingerprint density at radius 2 is 2.20 bits per heavy atom. The zero-order chi connectivity index (χ0) is 14.9. The number of nitrogens with zero attached hydrogens (tertiary/aromatic N) is 1. The highest BCUT2D eigenvalue weighted by Gasteiger charge is 2.36. The Morgan fingerprint density at radius 1 is 1.50 bits per heavy atom. The number of hydrogen-bond acceptors (Lipinski definition) is 2. The van der Waals surface area contributed by atoms with Gasteiger partial charge in [-0.25, -0.2) is 0 Å². The van der Waals surface area contributed by atoms with Crippen molar-refractivity contribution in [3.05, 3.63) is 33.8 Å². The van der Waals surface area contributed by atoms with E-state index in [1.165, 1.54) is 0 Å². The number of piperidine rings is 1. The molecule has 1 aromatic rings. The fourth-order valence-corrected chi connectivity index (χ4v) is 3.41. The largest absolute Gasteiger partial charge is 0.337 e. The van der Waals surface area contributed by atoms with Gasteiger partial charge in [0, 0.05) is 22.6 Å². The van der Waals surface area contributed by atoms with Gasteiger partial charge in [0.15, 0.2) is 0 Å². The second-order valence-electron chi connectivity index (χ2n) is 6.36. The van der Waals surface area contributed by atoms with Gasteiger partial charge in [0.1, 0.15) is 0 Å². The minimum absolute atomic E-state index is 0.144. The lowest BCUT2D eigenvalue weighted by Gasteiger charge is -2.45. The fraction of sp³-hybridized carbons (Fsp3) is 0.562. The zero-order valence-corrected chi connectivity index (χ0v) is 14.0. The van der Waals surface area contributed by atoms with Crippen LogP contribution in [0.3, 0.4) is 0 Å². The molecule has 1 aromatic carbocycles. The Bertz CT molecular complexity index is 513. The molecule has 0 saturated carbocycles. The number of halogens is 1. The Hall–Kier alpha value is -0.870. The van der Waals surface area contributed by atoms with E-state index in [2.05, 4.69) is 29.8 Å². The third-order valence-electron chi connectivity index (χ3n) is 4.17. The number of carbonyl (C=O) groups excluding carboxylic acids is 1. The van der Waals surface area contributed by atoms with Gasteiger partial charge in [0.05, 0.1) is 6.42 Å². The van der Waals surface area contributed by atoms with Crippen LogP contribution in [0.5, 0.6) is 0 Å². The van der Waals surface area contributed by atoms with Crippen molar-refractivity contribution < 1.29 is 4.79 Å². The van der Waals surface area contributed by atoms with Gasteiger partial charge in [-0.15, -0.1) is 0 Å². The van der Waals surface area contributed by atoms with Gasteiger partial charge in [-0.3, -0.25) is 4.79 Å². The molecule has 0 spiro atoms. The number of nitrogens with two attached hydrogens (primary N) is 1. The van der Waals surface area contributed by atoms with Gasteiger partial charge < -0.3 is 10.6 Å². The first-order valence-corrected chi connectivity index (χ1v) is 7.90. The second kappa shape index (κ2) is 5.86. The molecule has 1 atom stereocenters. The molecule has 1 aliphatic heterocycles. The predicted octanol–water partition coefficient (Wildman–Crippen LogP) is 3.03. The maximum atomic E-state index is 12.6. The second-order valence-corrected chi connectivity index (χ2v) is 7.27. The van der Waals surface area contributed by atoms with E-state index in [1.54, 1.807) is 0 Å². The average molecular weight is 339 g/mol. The first-order valence-electron chi connectivity index (χ1n) is 7.11. The monoisotopic (exact) mass is 338 g/mol. The Kier molecular flexibility index (Phi) is 4.55. The summed E-state index contributed by atoms with van der Waals surface area (Å²) in [6.45, 7) is 7.03. The number of hydrogen-bond donors (Lipinski definition) is 1. The summed E-state index contributed by atoms with van der Waals surface area (Å²) in [5, 5.41) is 0. The molecule has 0 radical (unpaired) electrons. The Labute approximate surface area is 129 Å². The molecule has 3 nitrogen and oxygen atoms in total. The lowest BCUT2D eigenvalue weighted by molar-refractivity contribution is -0.138. The minimum atomic E-state index is -0.144. The normalized spacial score (nSPS) is 21.9. The lowest BCUT2D eigenvalue weighted by Crippen LogP contribution is -2.56. The van der Waals surface area contributed by atoms with Crippen molar-refractivity contribution in [2.45, 2.75) is 51.6 Å². The molecule has 0 aliphatic carbocycles. The molecule has 1 unspecified atom stereocenters. The summed E-state index contributed by atoms with van der Waals surface area (Å²) in [6.07, 6.45) is 2.23. The number of carbonyl (C=O) groups is 1. The molecular weight excluding hydrogens is 316 g/mol. The van der Waals surface area contributed by atoms with Crippen LogP contribution < -0.4 is 5.73 Å². The van der Waals surface area contributed by atoms with Gasteiger partial charge >= 0.3 is 0 Å². The van der Waals surface area contributed by atoms with Crippen LogP contribution in [0.25, 0.3) is 0 Å². The number of amides is 1. The van der Waals surface area contributed by atoms with Gasteiger partial charge in [0.25, 0.3) is 0 Å². The van der Waals surface area contributed by atoms with Crippen LogP contribution in [0.15, 0.2) is 22.7 Å². The third-order valence-corrected chi connectivity index (χ3v) is 4.66. The van der Waals surface area contributed by atoms with E-state index in [0.717, 1.165) is 35.0 Å². The molecule has 1 amide bonds. The van der Waals surface area contributed by atoms with Crippen molar-refractivity contribution in [3.63, 3.8) is 0 Å². The number of likely N-dealkylation sites (tertiary alicyclic amines) is 1. The molecule has 110 valence electrons. The van der Waals surface area contributed by atoms with Crippen molar-refractivity contribution in [2.24, 2.45) is 5.73 Å². The van der Waals surface area contributed by atoms with Crippen molar-refractivity contribution in [2.75, 3.05) is 6.54 Å². The lowest BCUT2D eigenvalue weighted by atomic mass is 9.87. The molecule has 4 heteroatoms. The van der Waals surface area contributed by atoms with E-state index in [9.17, 15) is 4.79 Å². The summed E-state index contributed by atoms with van der Waals surface area (Å²) in [4.78, 5) is 14.6. The van der Waals surface area contributed by atoms with E-state index in [4.69, 9.17) is 5.73 Å². The van der Waals surface area contributed by atoms with Crippen molar-refractivity contribution in [1.82, 2.24) is 4.90 Å². The van der Waals surface area contributed by atoms with Crippen LogP contribution in [0.2, 0.25) is 0 Å². The van der Waals surface area contributed by atoms with Crippen LogP contribution in [0.1, 0.15) is 37.8 Å². The van der Waals surface area contributed by atoms with Gasteiger partial charge in [-0.1, -0.05) is 22.0 Å². The smallest absolute Gasteiger partial charge is 0.227 e. The maximum absolute atomic E-state index is 12.6. The Morgan fingerprint density at radius 3 is 2.85 bits per heavy atom. The number of benzene rings is 1. The van der Waals surface area contributed by atoms with E-state index >= 15 is 0 Å². The zero-order valence-electron chi connectivity index (χ0n) is 12.4. The van der Waals surface area contributed by atoms with Crippen LogP contribution in [-0.4, -0.2) is 28.9 Å². The molecular formula is C16H23BrN2O. The highest BCUT2D eigenvalue weighted by molar-refractivity contribution is 9.10. The molecule has 0 bridgehead atoms. The van der Waals surface area contributed by atoms with Crippen molar-refractivity contribution in [3.8, 4) is 0 Å². The van der Waals surface area contributed by atoms with Crippen LogP contribution in [0, 0.1) is 6.92 Å². The highest BCUT2D eigenvalue weighted by Crippen LogP contribution is 2.28. The van der Waals surface area contributed by atoms with E-state index in [0.29, 0.717) is 6.42 Å². The fourth-order valence-electron chi connectivity index (χ4n) is 3.00. The van der Waals surface area contributed by atoms with Crippen molar-refractivity contribution >= 4 is 21.8 Å². The molecule has 1 aliphatic rings. The molecule has 1 fully saturated rings. The van der Waals surface area contributed by atoms with Crippen LogP contribution in [0.4, 0.5) is 0 Å². The van der Waals surface area contributed by atoms with E-state index in [1.807, 2.05) is 30.0 Å². The molecule has 0 aromatic heterocycles. The molecule has 2 N–H and O–H groups in total. The first-order chi connectivity index (χ1) is 9.29. The molecule has 20 heavy (non-hydrogen) atoms.